The summed E-state index contributed by atoms with van der Waals surface area (Å²) in [6, 6.07) is 8.10. The van der Waals surface area contributed by atoms with Gasteiger partial charge in [-0.15, -0.1) is 0 Å². The highest BCUT2D eigenvalue weighted by Crippen LogP contribution is 2.51. The first-order valence-electron chi connectivity index (χ1n) is 6.92. The van der Waals surface area contributed by atoms with Crippen LogP contribution in [0.4, 0.5) is 0 Å². The highest BCUT2D eigenvalue weighted by Gasteiger charge is 2.44. The van der Waals surface area contributed by atoms with Gasteiger partial charge >= 0.3 is 5.97 Å². The van der Waals surface area contributed by atoms with Gasteiger partial charge in [0.2, 0.25) is 0 Å². The molecule has 0 radical (unpaired) electrons. The van der Waals surface area contributed by atoms with Crippen LogP contribution in [0.3, 0.4) is 0 Å². The van der Waals surface area contributed by atoms with Crippen LogP contribution in [0.5, 0.6) is 0 Å². The van der Waals surface area contributed by atoms with Crippen molar-refractivity contribution in [1.29, 1.82) is 5.26 Å². The fraction of sp³-hybridized carbons (Fsp3) is 0.375. The topological polar surface area (TPSA) is 65.5 Å². The number of pyridine rings is 1. The molecule has 21 heavy (non-hydrogen) atoms. The van der Waals surface area contributed by atoms with Gasteiger partial charge in [-0.05, 0) is 41.7 Å². The van der Waals surface area contributed by atoms with Crippen LogP contribution in [0.15, 0.2) is 30.6 Å². The van der Waals surface area contributed by atoms with Crippen molar-refractivity contribution >= 4 is 23.2 Å². The van der Waals surface area contributed by atoms with Crippen molar-refractivity contribution in [1.82, 2.24) is 4.40 Å². The SMILES string of the molecule is N#Cc1c(CSCC2(CC(=O)O)CC2)cn2ccccc12. The summed E-state index contributed by atoms with van der Waals surface area (Å²) in [6.45, 7) is 0. The van der Waals surface area contributed by atoms with Crippen molar-refractivity contribution < 1.29 is 9.90 Å². The Morgan fingerprint density at radius 1 is 1.48 bits per heavy atom. The molecule has 0 unspecified atom stereocenters. The van der Waals surface area contributed by atoms with E-state index < -0.39 is 5.97 Å². The van der Waals surface area contributed by atoms with E-state index in [2.05, 4.69) is 6.07 Å². The van der Waals surface area contributed by atoms with Crippen molar-refractivity contribution in [2.75, 3.05) is 5.75 Å². The number of aliphatic carboxylic acids is 1. The second kappa shape index (κ2) is 5.45. The number of fused-ring (bicyclic) bond motifs is 1. The number of rotatable bonds is 6. The number of carboxylic acids is 1. The molecule has 1 fully saturated rings. The molecule has 0 saturated heterocycles. The summed E-state index contributed by atoms with van der Waals surface area (Å²) in [7, 11) is 0. The number of nitrogens with zero attached hydrogens (tertiary/aromatic N) is 2. The Balaban J connectivity index is 1.69. The first-order valence-corrected chi connectivity index (χ1v) is 8.07. The molecule has 1 saturated carbocycles. The van der Waals surface area contributed by atoms with E-state index in [4.69, 9.17) is 5.11 Å². The standard InChI is InChI=1S/C16H16N2O2S/c17-8-13-12(9-18-6-2-1-3-14(13)18)10-21-11-16(4-5-16)7-15(19)20/h1-3,6,9H,4-5,7,10-11H2,(H,19,20). The lowest BCUT2D eigenvalue weighted by molar-refractivity contribution is -0.138. The molecule has 108 valence electrons. The second-order valence-corrected chi connectivity index (χ2v) is 6.68. The summed E-state index contributed by atoms with van der Waals surface area (Å²) in [4.78, 5) is 10.9. The summed E-state index contributed by atoms with van der Waals surface area (Å²) in [5.41, 5.74) is 2.69. The van der Waals surface area contributed by atoms with Crippen LogP contribution < -0.4 is 0 Å². The minimum absolute atomic E-state index is 0.00245. The average molecular weight is 300 g/mol. The molecule has 1 N–H and O–H groups in total. The minimum Gasteiger partial charge on any atom is -0.481 e. The first kappa shape index (κ1) is 14.0. The van der Waals surface area contributed by atoms with Crippen LogP contribution >= 0.6 is 11.8 Å². The largest absolute Gasteiger partial charge is 0.481 e. The van der Waals surface area contributed by atoms with E-state index in [9.17, 15) is 10.1 Å². The molecule has 0 bridgehead atoms. The van der Waals surface area contributed by atoms with Gasteiger partial charge in [0.05, 0.1) is 17.5 Å². The molecule has 2 heterocycles. The second-order valence-electron chi connectivity index (χ2n) is 5.70. The van der Waals surface area contributed by atoms with Gasteiger partial charge in [0.25, 0.3) is 0 Å². The van der Waals surface area contributed by atoms with Crippen molar-refractivity contribution in [3.8, 4) is 6.07 Å². The Hall–Kier alpha value is -1.93. The van der Waals surface area contributed by atoms with Crippen LogP contribution in [0, 0.1) is 16.7 Å². The van der Waals surface area contributed by atoms with E-state index in [1.165, 1.54) is 0 Å². The molecule has 0 amide bonds. The molecule has 3 rings (SSSR count). The third kappa shape index (κ3) is 2.91. The number of thioether (sulfide) groups is 1. The fourth-order valence-corrected chi connectivity index (χ4v) is 4.03. The summed E-state index contributed by atoms with van der Waals surface area (Å²) in [6.07, 6.45) is 6.22. The fourth-order valence-electron chi connectivity index (χ4n) is 2.66. The maximum Gasteiger partial charge on any atom is 0.303 e. The number of hydrogen-bond donors (Lipinski definition) is 1. The third-order valence-electron chi connectivity index (χ3n) is 4.02. The average Bonchev–Trinajstić information content (AvgIpc) is 3.10. The summed E-state index contributed by atoms with van der Waals surface area (Å²) < 4.78 is 1.97. The predicted octanol–water partition coefficient (Wildman–Crippen LogP) is 3.30. The summed E-state index contributed by atoms with van der Waals surface area (Å²) in [5.74, 6) is 0.905. The Morgan fingerprint density at radius 2 is 2.29 bits per heavy atom. The minimum atomic E-state index is -0.708. The molecule has 0 aromatic carbocycles. The lowest BCUT2D eigenvalue weighted by Crippen LogP contribution is -2.11. The zero-order valence-electron chi connectivity index (χ0n) is 11.6. The maximum absolute atomic E-state index is 10.9. The monoisotopic (exact) mass is 300 g/mol. The smallest absolute Gasteiger partial charge is 0.303 e. The van der Waals surface area contributed by atoms with Gasteiger partial charge in [0, 0.05) is 18.1 Å². The summed E-state index contributed by atoms with van der Waals surface area (Å²) >= 11 is 1.73. The first-order chi connectivity index (χ1) is 10.1. The predicted molar refractivity (Wildman–Crippen MR) is 82.2 cm³/mol. The van der Waals surface area contributed by atoms with E-state index >= 15 is 0 Å². The molecular formula is C16H16N2O2S. The van der Waals surface area contributed by atoms with E-state index in [1.54, 1.807) is 11.8 Å². The van der Waals surface area contributed by atoms with Crippen LogP contribution in [0.2, 0.25) is 0 Å². The normalized spacial score (nSPS) is 15.8. The van der Waals surface area contributed by atoms with Crippen LogP contribution in [0.1, 0.15) is 30.4 Å². The molecule has 2 aromatic heterocycles. The molecule has 5 heteroatoms. The lowest BCUT2D eigenvalue weighted by Gasteiger charge is -2.11. The summed E-state index contributed by atoms with van der Waals surface area (Å²) in [5, 5.41) is 18.3. The number of hydrogen-bond acceptors (Lipinski definition) is 3. The molecule has 0 atom stereocenters. The molecule has 4 nitrogen and oxygen atoms in total. The van der Waals surface area contributed by atoms with E-state index in [-0.39, 0.29) is 11.8 Å². The maximum atomic E-state index is 10.9. The van der Waals surface area contributed by atoms with Crippen LogP contribution in [0.25, 0.3) is 5.52 Å². The van der Waals surface area contributed by atoms with Crippen LogP contribution in [-0.4, -0.2) is 21.2 Å². The van der Waals surface area contributed by atoms with Crippen molar-refractivity contribution in [2.45, 2.75) is 25.0 Å². The van der Waals surface area contributed by atoms with Gasteiger partial charge in [0.1, 0.15) is 6.07 Å². The molecule has 0 spiro atoms. The van der Waals surface area contributed by atoms with Gasteiger partial charge in [-0.1, -0.05) is 6.07 Å². The highest BCUT2D eigenvalue weighted by atomic mass is 32.2. The number of carbonyl (C=O) groups is 1. The lowest BCUT2D eigenvalue weighted by atomic mass is 10.1. The number of carboxylic acid groups (broad SMARTS) is 1. The van der Waals surface area contributed by atoms with Crippen molar-refractivity contribution in [3.63, 3.8) is 0 Å². The van der Waals surface area contributed by atoms with Crippen molar-refractivity contribution in [2.24, 2.45) is 5.41 Å². The Kier molecular flexibility index (Phi) is 3.64. The number of nitriles is 1. The Labute approximate surface area is 127 Å². The van der Waals surface area contributed by atoms with Gasteiger partial charge < -0.3 is 9.51 Å². The molecule has 0 aliphatic heterocycles. The quantitative estimate of drug-likeness (QED) is 0.889. The molecule has 1 aliphatic carbocycles. The number of aromatic nitrogens is 1. The van der Waals surface area contributed by atoms with Gasteiger partial charge in [-0.25, -0.2) is 0 Å². The van der Waals surface area contributed by atoms with E-state index in [0.717, 1.165) is 41.0 Å². The third-order valence-corrected chi connectivity index (χ3v) is 5.35. The Morgan fingerprint density at radius 3 is 2.95 bits per heavy atom. The van der Waals surface area contributed by atoms with Gasteiger partial charge in [-0.3, -0.25) is 4.79 Å². The van der Waals surface area contributed by atoms with Crippen LogP contribution in [-0.2, 0) is 10.5 Å². The Bertz CT molecular complexity index is 725. The zero-order chi connectivity index (χ0) is 14.9. The van der Waals surface area contributed by atoms with E-state index in [0.29, 0.717) is 0 Å². The highest BCUT2D eigenvalue weighted by molar-refractivity contribution is 7.98. The molecule has 1 aliphatic rings. The van der Waals surface area contributed by atoms with E-state index in [1.807, 2.05) is 35.0 Å². The zero-order valence-corrected chi connectivity index (χ0v) is 12.4. The van der Waals surface area contributed by atoms with Gasteiger partial charge in [-0.2, -0.15) is 17.0 Å². The molecule has 2 aromatic rings. The van der Waals surface area contributed by atoms with Crippen molar-refractivity contribution in [3.05, 3.63) is 41.7 Å². The molecular weight excluding hydrogens is 284 g/mol. The van der Waals surface area contributed by atoms with Gasteiger partial charge in [0.15, 0.2) is 0 Å².